The Bertz CT molecular complexity index is 828. The number of unbranched alkanes of at least 4 members (excludes halogenated alkanes) is 30. The summed E-state index contributed by atoms with van der Waals surface area (Å²) in [6.45, 7) is 9.01. The van der Waals surface area contributed by atoms with Crippen LogP contribution in [0.1, 0.15) is 272 Å². The Morgan fingerprint density at radius 2 is 0.636 bits per heavy atom. The first-order valence-corrected chi connectivity index (χ1v) is 24.4. The summed E-state index contributed by atoms with van der Waals surface area (Å²) in [6, 6.07) is 0. The summed E-state index contributed by atoms with van der Waals surface area (Å²) in [5.74, 6) is 0.0401. The Labute approximate surface area is 342 Å². The van der Waals surface area contributed by atoms with Crippen molar-refractivity contribution in [1.29, 1.82) is 0 Å². The molecule has 0 saturated carbocycles. The predicted octanol–water partition coefficient (Wildman–Crippen LogP) is 15.5. The molecule has 0 bridgehead atoms. The Kier molecular flexibility index (Phi) is 42.3. The maximum Gasteiger partial charge on any atom is 0.306 e. The fourth-order valence-electron chi connectivity index (χ4n) is 7.30. The molecule has 0 aliphatic rings. The summed E-state index contributed by atoms with van der Waals surface area (Å²) in [6.07, 6.45) is 43.8. The van der Waals surface area contributed by atoms with Crippen LogP contribution in [-0.4, -0.2) is 37.2 Å². The van der Waals surface area contributed by atoms with Gasteiger partial charge in [-0.15, -0.1) is 0 Å². The number of ether oxygens (including phenoxy) is 3. The van der Waals surface area contributed by atoms with Crippen LogP contribution in [0.2, 0.25) is 0 Å². The monoisotopic (exact) mass is 779 g/mol. The van der Waals surface area contributed by atoms with Gasteiger partial charge in [0.25, 0.3) is 0 Å². The van der Waals surface area contributed by atoms with E-state index in [0.29, 0.717) is 19.3 Å². The second-order valence-corrected chi connectivity index (χ2v) is 17.0. The molecule has 0 rings (SSSR count). The molecule has 1 unspecified atom stereocenters. The lowest BCUT2D eigenvalue weighted by molar-refractivity contribution is -0.167. The van der Waals surface area contributed by atoms with Crippen molar-refractivity contribution in [3.05, 3.63) is 0 Å². The van der Waals surface area contributed by atoms with Gasteiger partial charge in [-0.05, 0) is 25.2 Å². The highest BCUT2D eigenvalue weighted by Gasteiger charge is 2.19. The Balaban J connectivity index is 4.19. The number of hydrogen-bond acceptors (Lipinski definition) is 6. The fourth-order valence-corrected chi connectivity index (χ4v) is 7.30. The van der Waals surface area contributed by atoms with Crippen molar-refractivity contribution >= 4 is 17.9 Å². The van der Waals surface area contributed by atoms with E-state index < -0.39 is 6.10 Å². The molecule has 0 amide bonds. The highest BCUT2D eigenvalue weighted by Crippen LogP contribution is 2.17. The lowest BCUT2D eigenvalue weighted by atomic mass is 9.99. The summed E-state index contributed by atoms with van der Waals surface area (Å²) in [4.78, 5) is 37.7. The zero-order valence-electron chi connectivity index (χ0n) is 37.4. The van der Waals surface area contributed by atoms with Crippen molar-refractivity contribution in [3.8, 4) is 0 Å². The maximum atomic E-state index is 12.7. The van der Waals surface area contributed by atoms with E-state index in [0.717, 1.165) is 63.7 Å². The van der Waals surface area contributed by atoms with Crippen LogP contribution in [0.3, 0.4) is 0 Å². The van der Waals surface area contributed by atoms with Crippen molar-refractivity contribution in [2.24, 2.45) is 5.92 Å². The van der Waals surface area contributed by atoms with Crippen molar-refractivity contribution in [2.45, 2.75) is 278 Å². The van der Waals surface area contributed by atoms with Gasteiger partial charge in [-0.2, -0.15) is 0 Å². The Morgan fingerprint density at radius 1 is 0.364 bits per heavy atom. The molecular weight excluding hydrogens is 685 g/mol. The third kappa shape index (κ3) is 41.9. The topological polar surface area (TPSA) is 78.9 Å². The Morgan fingerprint density at radius 3 is 0.945 bits per heavy atom. The van der Waals surface area contributed by atoms with Crippen LogP contribution in [0.5, 0.6) is 0 Å². The van der Waals surface area contributed by atoms with Gasteiger partial charge in [0.15, 0.2) is 6.10 Å². The van der Waals surface area contributed by atoms with Gasteiger partial charge < -0.3 is 14.2 Å². The number of rotatable bonds is 44. The molecular formula is C49H94O6. The summed E-state index contributed by atoms with van der Waals surface area (Å²) in [5.41, 5.74) is 0. The van der Waals surface area contributed by atoms with E-state index in [9.17, 15) is 14.4 Å². The molecule has 0 heterocycles. The van der Waals surface area contributed by atoms with E-state index in [1.165, 1.54) is 167 Å². The van der Waals surface area contributed by atoms with Gasteiger partial charge in [0.2, 0.25) is 0 Å². The van der Waals surface area contributed by atoms with Crippen LogP contribution >= 0.6 is 0 Å². The lowest BCUT2D eigenvalue weighted by Crippen LogP contribution is -2.30. The van der Waals surface area contributed by atoms with Crippen molar-refractivity contribution in [2.75, 3.05) is 13.2 Å². The minimum Gasteiger partial charge on any atom is -0.462 e. The summed E-state index contributed by atoms with van der Waals surface area (Å²) < 4.78 is 16.7. The Hall–Kier alpha value is -1.59. The predicted molar refractivity (Wildman–Crippen MR) is 233 cm³/mol. The van der Waals surface area contributed by atoms with E-state index in [1.54, 1.807) is 0 Å². The average Bonchev–Trinajstić information content (AvgIpc) is 3.18. The van der Waals surface area contributed by atoms with Crippen LogP contribution in [0, 0.1) is 5.92 Å². The molecule has 6 nitrogen and oxygen atoms in total. The van der Waals surface area contributed by atoms with Gasteiger partial charge in [0.05, 0.1) is 0 Å². The number of carbonyl (C=O) groups is 3. The molecule has 0 radical (unpaired) electrons. The average molecular weight is 779 g/mol. The van der Waals surface area contributed by atoms with E-state index in [4.69, 9.17) is 14.2 Å². The van der Waals surface area contributed by atoms with Gasteiger partial charge in [-0.1, -0.05) is 233 Å². The SMILES string of the molecule is CCCCCCCCCCCCCCC(=O)O[C@H](COC(=O)CCCCCCCCC)COC(=O)CCCCCCCCCCCCCCCCC(C)CC. The molecule has 0 aliphatic carbocycles. The van der Waals surface area contributed by atoms with Gasteiger partial charge >= 0.3 is 17.9 Å². The van der Waals surface area contributed by atoms with Crippen LogP contribution < -0.4 is 0 Å². The van der Waals surface area contributed by atoms with Crippen molar-refractivity contribution in [1.82, 2.24) is 0 Å². The van der Waals surface area contributed by atoms with Crippen LogP contribution in [0.4, 0.5) is 0 Å². The molecule has 0 aromatic heterocycles. The standard InChI is InChI=1S/C49H94O6/c1-5-8-10-12-14-15-16-22-26-30-34-38-42-49(52)55-46(43-53-47(50)40-36-32-27-13-11-9-6-2)44-54-48(51)41-37-33-29-25-23-20-18-17-19-21-24-28-31-35-39-45(4)7-3/h45-46H,5-44H2,1-4H3/t45?,46-/m1/s1. The van der Waals surface area contributed by atoms with Crippen molar-refractivity contribution < 1.29 is 28.6 Å². The molecule has 0 saturated heterocycles. The summed E-state index contributed by atoms with van der Waals surface area (Å²) >= 11 is 0. The zero-order valence-corrected chi connectivity index (χ0v) is 37.4. The fraction of sp³-hybridized carbons (Fsp3) is 0.939. The minimum absolute atomic E-state index is 0.0635. The molecule has 0 aromatic carbocycles. The van der Waals surface area contributed by atoms with Gasteiger partial charge in [-0.25, -0.2) is 0 Å². The molecule has 0 N–H and O–H groups in total. The first kappa shape index (κ1) is 53.4. The third-order valence-electron chi connectivity index (χ3n) is 11.4. The molecule has 0 fully saturated rings. The van der Waals surface area contributed by atoms with E-state index in [-0.39, 0.29) is 31.1 Å². The smallest absolute Gasteiger partial charge is 0.306 e. The van der Waals surface area contributed by atoms with Crippen LogP contribution in [-0.2, 0) is 28.6 Å². The van der Waals surface area contributed by atoms with E-state index >= 15 is 0 Å². The third-order valence-corrected chi connectivity index (χ3v) is 11.4. The van der Waals surface area contributed by atoms with E-state index in [2.05, 4.69) is 27.7 Å². The number of esters is 3. The molecule has 2 atom stereocenters. The van der Waals surface area contributed by atoms with E-state index in [1.807, 2.05) is 0 Å². The number of carbonyl (C=O) groups excluding carboxylic acids is 3. The lowest BCUT2D eigenvalue weighted by Gasteiger charge is -2.18. The summed E-state index contributed by atoms with van der Waals surface area (Å²) in [7, 11) is 0. The highest BCUT2D eigenvalue weighted by atomic mass is 16.6. The van der Waals surface area contributed by atoms with Gasteiger partial charge in [-0.3, -0.25) is 14.4 Å². The normalized spacial score (nSPS) is 12.4. The first-order chi connectivity index (χ1) is 26.9. The quantitative estimate of drug-likeness (QED) is 0.0348. The van der Waals surface area contributed by atoms with Crippen molar-refractivity contribution in [3.63, 3.8) is 0 Å². The minimum atomic E-state index is -0.758. The maximum absolute atomic E-state index is 12.7. The van der Waals surface area contributed by atoms with Crippen LogP contribution in [0.25, 0.3) is 0 Å². The summed E-state index contributed by atoms with van der Waals surface area (Å²) in [5, 5.41) is 0. The molecule has 0 aliphatic heterocycles. The van der Waals surface area contributed by atoms with Gasteiger partial charge in [0, 0.05) is 19.3 Å². The molecule has 55 heavy (non-hydrogen) atoms. The largest absolute Gasteiger partial charge is 0.462 e. The van der Waals surface area contributed by atoms with Gasteiger partial charge in [0.1, 0.15) is 13.2 Å². The molecule has 326 valence electrons. The second-order valence-electron chi connectivity index (χ2n) is 17.0. The molecule has 6 heteroatoms. The first-order valence-electron chi connectivity index (χ1n) is 24.4. The van der Waals surface area contributed by atoms with Crippen LogP contribution in [0.15, 0.2) is 0 Å². The molecule has 0 aromatic rings. The molecule has 0 spiro atoms. The second kappa shape index (κ2) is 43.5. The highest BCUT2D eigenvalue weighted by molar-refractivity contribution is 5.71. The zero-order chi connectivity index (χ0) is 40.3. The number of hydrogen-bond donors (Lipinski definition) is 0.